The average molecular weight is 242 g/mol. The number of aliphatic hydroxyl groups excluding tert-OH is 1. The summed E-state index contributed by atoms with van der Waals surface area (Å²) in [5.74, 6) is -0.565. The lowest BCUT2D eigenvalue weighted by molar-refractivity contribution is 0.0962. The highest BCUT2D eigenvalue weighted by atomic mass is 32.2. The molecule has 16 heavy (non-hydrogen) atoms. The van der Waals surface area contributed by atoms with E-state index in [4.69, 9.17) is 5.11 Å². The minimum atomic E-state index is -3.57. The standard InChI is InChI=1S/C11H14O4S/c1-8-3-5-9(6-4-8)11(13)10(7-12)16(2,14)15/h3-6,10,12H,7H2,1-2H3/t10-/m0/s1. The Hall–Kier alpha value is -1.20. The minimum Gasteiger partial charge on any atom is -0.395 e. The lowest BCUT2D eigenvalue weighted by Gasteiger charge is -2.10. The smallest absolute Gasteiger partial charge is 0.183 e. The van der Waals surface area contributed by atoms with Crippen LogP contribution >= 0.6 is 0 Å². The lowest BCUT2D eigenvalue weighted by Crippen LogP contribution is -2.33. The van der Waals surface area contributed by atoms with Gasteiger partial charge in [0, 0.05) is 11.8 Å². The van der Waals surface area contributed by atoms with E-state index >= 15 is 0 Å². The molecule has 0 aliphatic rings. The van der Waals surface area contributed by atoms with Crippen molar-refractivity contribution in [1.82, 2.24) is 0 Å². The lowest BCUT2D eigenvalue weighted by atomic mass is 10.1. The Bertz CT molecular complexity index is 473. The monoisotopic (exact) mass is 242 g/mol. The van der Waals surface area contributed by atoms with Crippen LogP contribution < -0.4 is 0 Å². The van der Waals surface area contributed by atoms with Crippen molar-refractivity contribution in [2.24, 2.45) is 0 Å². The van der Waals surface area contributed by atoms with E-state index in [1.54, 1.807) is 24.3 Å². The average Bonchev–Trinajstić information content (AvgIpc) is 2.17. The van der Waals surface area contributed by atoms with E-state index in [-0.39, 0.29) is 0 Å². The molecule has 0 heterocycles. The molecule has 0 amide bonds. The third kappa shape index (κ3) is 2.90. The zero-order valence-electron chi connectivity index (χ0n) is 9.17. The first-order chi connectivity index (χ1) is 7.36. The molecule has 1 rings (SSSR count). The van der Waals surface area contributed by atoms with Crippen molar-refractivity contribution in [3.63, 3.8) is 0 Å². The second-order valence-corrected chi connectivity index (χ2v) is 5.96. The molecule has 0 aliphatic heterocycles. The Balaban J connectivity index is 3.06. The Kier molecular flexibility index (Phi) is 3.83. The van der Waals surface area contributed by atoms with Crippen LogP contribution in [0.25, 0.3) is 0 Å². The molecule has 1 aromatic carbocycles. The Morgan fingerprint density at radius 3 is 2.19 bits per heavy atom. The van der Waals surface area contributed by atoms with E-state index in [0.717, 1.165) is 11.8 Å². The second kappa shape index (κ2) is 4.76. The predicted molar refractivity (Wildman–Crippen MR) is 61.2 cm³/mol. The molecule has 0 aromatic heterocycles. The van der Waals surface area contributed by atoms with Gasteiger partial charge in [0.05, 0.1) is 6.61 Å². The van der Waals surface area contributed by atoms with Gasteiger partial charge in [0.15, 0.2) is 15.6 Å². The van der Waals surface area contributed by atoms with Crippen molar-refractivity contribution in [2.45, 2.75) is 12.2 Å². The second-order valence-electron chi connectivity index (χ2n) is 3.73. The van der Waals surface area contributed by atoms with Crippen molar-refractivity contribution >= 4 is 15.6 Å². The van der Waals surface area contributed by atoms with E-state index in [1.165, 1.54) is 0 Å². The van der Waals surface area contributed by atoms with Gasteiger partial charge in [-0.05, 0) is 6.92 Å². The molecule has 5 heteroatoms. The van der Waals surface area contributed by atoms with Crippen molar-refractivity contribution in [3.8, 4) is 0 Å². The maximum absolute atomic E-state index is 11.8. The molecule has 0 bridgehead atoms. The van der Waals surface area contributed by atoms with Crippen LogP contribution in [-0.2, 0) is 9.84 Å². The van der Waals surface area contributed by atoms with Crippen LogP contribution in [0, 0.1) is 6.92 Å². The summed E-state index contributed by atoms with van der Waals surface area (Å²) in [5, 5.41) is 7.58. The van der Waals surface area contributed by atoms with Gasteiger partial charge in [0.25, 0.3) is 0 Å². The van der Waals surface area contributed by atoms with Gasteiger partial charge >= 0.3 is 0 Å². The molecule has 1 atom stereocenters. The number of aryl methyl sites for hydroxylation is 1. The van der Waals surface area contributed by atoms with Gasteiger partial charge in [0.1, 0.15) is 5.25 Å². The number of rotatable bonds is 4. The number of carbonyl (C=O) groups excluding carboxylic acids is 1. The Labute approximate surface area is 94.8 Å². The number of carbonyl (C=O) groups is 1. The number of ketones is 1. The normalized spacial score (nSPS) is 13.4. The van der Waals surface area contributed by atoms with Crippen LogP contribution in [0.3, 0.4) is 0 Å². The fraction of sp³-hybridized carbons (Fsp3) is 0.364. The summed E-state index contributed by atoms with van der Waals surface area (Å²) < 4.78 is 22.5. The highest BCUT2D eigenvalue weighted by Crippen LogP contribution is 2.10. The van der Waals surface area contributed by atoms with Gasteiger partial charge < -0.3 is 5.11 Å². The zero-order valence-corrected chi connectivity index (χ0v) is 9.99. The van der Waals surface area contributed by atoms with E-state index < -0.39 is 27.5 Å². The molecular weight excluding hydrogens is 228 g/mol. The summed E-state index contributed by atoms with van der Waals surface area (Å²) in [6.07, 6.45) is 0.944. The van der Waals surface area contributed by atoms with Crippen LogP contribution in [0.15, 0.2) is 24.3 Å². The molecule has 0 saturated heterocycles. The summed E-state index contributed by atoms with van der Waals surface area (Å²) in [5.41, 5.74) is 1.28. The Morgan fingerprint density at radius 2 is 1.81 bits per heavy atom. The van der Waals surface area contributed by atoms with Crippen molar-refractivity contribution in [3.05, 3.63) is 35.4 Å². The Morgan fingerprint density at radius 1 is 1.31 bits per heavy atom. The van der Waals surface area contributed by atoms with E-state index in [0.29, 0.717) is 5.56 Å². The number of benzene rings is 1. The van der Waals surface area contributed by atoms with E-state index in [2.05, 4.69) is 0 Å². The first kappa shape index (κ1) is 12.9. The van der Waals surface area contributed by atoms with Gasteiger partial charge in [-0.2, -0.15) is 0 Å². The van der Waals surface area contributed by atoms with Gasteiger partial charge in [-0.1, -0.05) is 29.8 Å². The molecule has 4 nitrogen and oxygen atoms in total. The molecule has 88 valence electrons. The van der Waals surface area contributed by atoms with Gasteiger partial charge in [-0.25, -0.2) is 8.42 Å². The molecule has 0 spiro atoms. The van der Waals surface area contributed by atoms with Crippen molar-refractivity contribution in [1.29, 1.82) is 0 Å². The van der Waals surface area contributed by atoms with Crippen LogP contribution in [0.1, 0.15) is 15.9 Å². The molecule has 0 saturated carbocycles. The molecule has 0 aliphatic carbocycles. The number of hydrogen-bond acceptors (Lipinski definition) is 4. The number of sulfone groups is 1. The molecule has 1 aromatic rings. The SMILES string of the molecule is Cc1ccc(C(=O)[C@H](CO)S(C)(=O)=O)cc1. The van der Waals surface area contributed by atoms with Crippen LogP contribution in [0.2, 0.25) is 0 Å². The predicted octanol–water partition coefficient (Wildman–Crippen LogP) is 0.583. The summed E-state index contributed by atoms with van der Waals surface area (Å²) in [6.45, 7) is 1.18. The number of hydrogen-bond donors (Lipinski definition) is 1. The maximum atomic E-state index is 11.8. The van der Waals surface area contributed by atoms with Crippen molar-refractivity contribution in [2.75, 3.05) is 12.9 Å². The van der Waals surface area contributed by atoms with Crippen LogP contribution in [0.5, 0.6) is 0 Å². The van der Waals surface area contributed by atoms with E-state index in [9.17, 15) is 13.2 Å². The highest BCUT2D eigenvalue weighted by molar-refractivity contribution is 7.92. The number of aliphatic hydroxyl groups is 1. The third-order valence-corrected chi connectivity index (χ3v) is 3.71. The molecule has 0 radical (unpaired) electrons. The summed E-state index contributed by atoms with van der Waals surface area (Å²) in [6, 6.07) is 6.57. The first-order valence-electron chi connectivity index (χ1n) is 4.77. The van der Waals surface area contributed by atoms with Gasteiger partial charge in [-0.3, -0.25) is 4.79 Å². The molecule has 1 N–H and O–H groups in total. The maximum Gasteiger partial charge on any atom is 0.183 e. The van der Waals surface area contributed by atoms with Gasteiger partial charge in [-0.15, -0.1) is 0 Å². The number of Topliss-reactive ketones (excluding diaryl/α,β-unsaturated/α-hetero) is 1. The summed E-state index contributed by atoms with van der Waals surface area (Å²) in [7, 11) is -3.57. The quantitative estimate of drug-likeness (QED) is 0.784. The first-order valence-corrected chi connectivity index (χ1v) is 6.72. The van der Waals surface area contributed by atoms with Gasteiger partial charge in [0.2, 0.25) is 0 Å². The third-order valence-electron chi connectivity index (χ3n) is 2.31. The molecule has 0 unspecified atom stereocenters. The van der Waals surface area contributed by atoms with Crippen LogP contribution in [-0.4, -0.2) is 37.4 Å². The molecular formula is C11H14O4S. The summed E-state index contributed by atoms with van der Waals surface area (Å²) >= 11 is 0. The van der Waals surface area contributed by atoms with E-state index in [1.807, 2.05) is 6.92 Å². The zero-order chi connectivity index (χ0) is 12.3. The minimum absolute atomic E-state index is 0.301. The molecule has 0 fully saturated rings. The fourth-order valence-electron chi connectivity index (χ4n) is 1.32. The highest BCUT2D eigenvalue weighted by Gasteiger charge is 2.28. The topological polar surface area (TPSA) is 71.4 Å². The largest absolute Gasteiger partial charge is 0.395 e. The summed E-state index contributed by atoms with van der Waals surface area (Å²) in [4.78, 5) is 11.8. The van der Waals surface area contributed by atoms with Crippen LogP contribution in [0.4, 0.5) is 0 Å². The fourth-order valence-corrected chi connectivity index (χ4v) is 2.11. The van der Waals surface area contributed by atoms with Crippen molar-refractivity contribution < 1.29 is 18.3 Å².